The molecule has 0 bridgehead atoms. The summed E-state index contributed by atoms with van der Waals surface area (Å²) in [6.45, 7) is 3.79. The molecule has 2 aliphatic rings. The molecule has 31 heavy (non-hydrogen) atoms. The van der Waals surface area contributed by atoms with Crippen LogP contribution in [0.2, 0.25) is 0 Å². The lowest BCUT2D eigenvalue weighted by atomic mass is 10.1. The Labute approximate surface area is 186 Å². The van der Waals surface area contributed by atoms with Crippen LogP contribution in [0.5, 0.6) is 5.75 Å². The minimum absolute atomic E-state index is 0.0665. The molecule has 6 nitrogen and oxygen atoms in total. The third-order valence-corrected chi connectivity index (χ3v) is 6.37. The molecule has 0 aliphatic carbocycles. The van der Waals surface area contributed by atoms with Gasteiger partial charge in [-0.1, -0.05) is 76.8 Å². The van der Waals surface area contributed by atoms with Crippen LogP contribution >= 0.6 is 0 Å². The van der Waals surface area contributed by atoms with Crippen molar-refractivity contribution in [3.63, 3.8) is 0 Å². The summed E-state index contributed by atoms with van der Waals surface area (Å²) in [6.07, 6.45) is 11.7. The van der Waals surface area contributed by atoms with E-state index in [0.29, 0.717) is 19.6 Å². The molecule has 2 aliphatic heterocycles. The van der Waals surface area contributed by atoms with Crippen molar-refractivity contribution in [1.82, 2.24) is 9.96 Å². The zero-order valence-electron chi connectivity index (χ0n) is 19.2. The first kappa shape index (κ1) is 23.7. The zero-order valence-corrected chi connectivity index (χ0v) is 19.2. The number of rotatable bonds is 14. The van der Waals surface area contributed by atoms with Crippen molar-refractivity contribution in [3.05, 3.63) is 29.8 Å². The molecule has 1 aromatic rings. The van der Waals surface area contributed by atoms with Crippen LogP contribution in [0.15, 0.2) is 24.3 Å². The summed E-state index contributed by atoms with van der Waals surface area (Å²) < 4.78 is 5.18. The van der Waals surface area contributed by atoms with E-state index in [1.165, 1.54) is 56.3 Å². The fourth-order valence-corrected chi connectivity index (χ4v) is 4.49. The second-order valence-electron chi connectivity index (χ2n) is 8.81. The molecule has 2 heterocycles. The Morgan fingerprint density at radius 1 is 0.903 bits per heavy atom. The van der Waals surface area contributed by atoms with Crippen LogP contribution in [-0.2, 0) is 21.0 Å². The highest BCUT2D eigenvalue weighted by molar-refractivity contribution is 6.06. The van der Waals surface area contributed by atoms with Gasteiger partial charge in [-0.2, -0.15) is 5.06 Å². The molecule has 2 atom stereocenters. The number of carbonyl (C=O) groups is 2. The van der Waals surface area contributed by atoms with Crippen LogP contribution in [0.3, 0.4) is 0 Å². The minimum Gasteiger partial charge on any atom is -0.497 e. The monoisotopic (exact) mass is 430 g/mol. The smallest absolute Gasteiger partial charge is 0.261 e. The van der Waals surface area contributed by atoms with Crippen LogP contribution in [-0.4, -0.2) is 48.1 Å². The number of likely N-dealkylation sites (tertiary alicyclic amines) is 1. The number of fused-ring (bicyclic) bond motifs is 1. The third-order valence-electron chi connectivity index (χ3n) is 6.37. The summed E-state index contributed by atoms with van der Waals surface area (Å²) in [5, 5.41) is 1.74. The molecule has 2 unspecified atom stereocenters. The van der Waals surface area contributed by atoms with E-state index in [9.17, 15) is 9.59 Å². The molecule has 6 heteroatoms. The van der Waals surface area contributed by atoms with Crippen LogP contribution in [0, 0.1) is 5.92 Å². The molecule has 1 aromatic carbocycles. The number of hydrogen-bond donors (Lipinski definition) is 0. The van der Waals surface area contributed by atoms with Gasteiger partial charge >= 0.3 is 0 Å². The topological polar surface area (TPSA) is 59.1 Å². The number of hydroxylamine groups is 2. The lowest BCUT2D eigenvalue weighted by Gasteiger charge is -2.20. The standard InChI is InChI=1S/C25H38N2O4/c1-3-4-5-6-7-8-9-10-11-12-17-27-24(28)22-19-26(31-23(22)25(27)29)18-20-13-15-21(30-2)16-14-20/h13-16,22-23H,3-12,17-19H2,1-2H3. The lowest BCUT2D eigenvalue weighted by molar-refractivity contribution is -0.173. The number of unbranched alkanes of at least 4 members (excludes halogenated alkanes) is 9. The summed E-state index contributed by atoms with van der Waals surface area (Å²) in [5.41, 5.74) is 1.06. The second kappa shape index (κ2) is 12.2. The first-order chi connectivity index (χ1) is 15.1. The molecule has 0 aromatic heterocycles. The number of imide groups is 1. The first-order valence-corrected chi connectivity index (χ1v) is 12.0. The van der Waals surface area contributed by atoms with E-state index in [4.69, 9.17) is 9.57 Å². The summed E-state index contributed by atoms with van der Waals surface area (Å²) in [4.78, 5) is 32.7. The second-order valence-corrected chi connectivity index (χ2v) is 8.81. The quantitative estimate of drug-likeness (QED) is 0.316. The number of benzene rings is 1. The fourth-order valence-electron chi connectivity index (χ4n) is 4.49. The van der Waals surface area contributed by atoms with Crippen molar-refractivity contribution in [3.8, 4) is 5.75 Å². The van der Waals surface area contributed by atoms with E-state index in [1.54, 1.807) is 12.2 Å². The predicted octanol–water partition coefficient (Wildman–Crippen LogP) is 4.72. The van der Waals surface area contributed by atoms with Crippen molar-refractivity contribution in [2.75, 3.05) is 20.2 Å². The van der Waals surface area contributed by atoms with E-state index >= 15 is 0 Å². The Bertz CT molecular complexity index is 682. The SMILES string of the molecule is CCCCCCCCCCCCN1C(=O)C2CN(Cc3ccc(OC)cc3)OC2C1=O. The molecular weight excluding hydrogens is 392 g/mol. The maximum atomic E-state index is 12.8. The average molecular weight is 431 g/mol. The van der Waals surface area contributed by atoms with Gasteiger partial charge in [0.1, 0.15) is 5.75 Å². The summed E-state index contributed by atoms with van der Waals surface area (Å²) >= 11 is 0. The normalized spacial score (nSPS) is 21.2. The maximum absolute atomic E-state index is 12.8. The van der Waals surface area contributed by atoms with E-state index < -0.39 is 6.10 Å². The summed E-state index contributed by atoms with van der Waals surface area (Å²) in [7, 11) is 1.64. The van der Waals surface area contributed by atoms with Crippen molar-refractivity contribution in [1.29, 1.82) is 0 Å². The maximum Gasteiger partial charge on any atom is 0.261 e. The molecule has 2 fully saturated rings. The zero-order chi connectivity index (χ0) is 22.1. The largest absolute Gasteiger partial charge is 0.497 e. The molecule has 0 spiro atoms. The highest BCUT2D eigenvalue weighted by atomic mass is 16.7. The third kappa shape index (κ3) is 6.53. The molecule has 172 valence electrons. The molecule has 2 amide bonds. The van der Waals surface area contributed by atoms with Crippen molar-refractivity contribution < 1.29 is 19.2 Å². The van der Waals surface area contributed by atoms with E-state index in [0.717, 1.165) is 24.2 Å². The highest BCUT2D eigenvalue weighted by Crippen LogP contribution is 2.32. The molecular formula is C25H38N2O4. The number of carbonyl (C=O) groups excluding carboxylic acids is 2. The number of amides is 2. The molecule has 3 rings (SSSR count). The van der Waals surface area contributed by atoms with Gasteiger partial charge in [-0.05, 0) is 24.1 Å². The molecule has 2 saturated heterocycles. The lowest BCUT2D eigenvalue weighted by Crippen LogP contribution is -2.36. The van der Waals surface area contributed by atoms with Gasteiger partial charge < -0.3 is 4.74 Å². The van der Waals surface area contributed by atoms with Crippen LogP contribution < -0.4 is 4.74 Å². The summed E-state index contributed by atoms with van der Waals surface area (Å²) in [5.74, 6) is 0.205. The van der Waals surface area contributed by atoms with Gasteiger partial charge in [0.05, 0.1) is 13.0 Å². The van der Waals surface area contributed by atoms with E-state index in [-0.39, 0.29) is 17.7 Å². The van der Waals surface area contributed by atoms with Gasteiger partial charge in [-0.25, -0.2) is 0 Å². The first-order valence-electron chi connectivity index (χ1n) is 12.0. The van der Waals surface area contributed by atoms with Gasteiger partial charge in [0.25, 0.3) is 5.91 Å². The van der Waals surface area contributed by atoms with Gasteiger partial charge in [0.15, 0.2) is 6.10 Å². The van der Waals surface area contributed by atoms with Crippen LogP contribution in [0.4, 0.5) is 0 Å². The Morgan fingerprint density at radius 3 is 2.10 bits per heavy atom. The number of ether oxygens (including phenoxy) is 1. The predicted molar refractivity (Wildman–Crippen MR) is 120 cm³/mol. The Hall–Kier alpha value is -1.92. The highest BCUT2D eigenvalue weighted by Gasteiger charge is 2.53. The Kier molecular flexibility index (Phi) is 9.34. The summed E-state index contributed by atoms with van der Waals surface area (Å²) in [6, 6.07) is 7.74. The molecule has 0 radical (unpaired) electrons. The van der Waals surface area contributed by atoms with Crippen molar-refractivity contribution in [2.45, 2.75) is 83.8 Å². The van der Waals surface area contributed by atoms with Crippen LogP contribution in [0.25, 0.3) is 0 Å². The Balaban J connectivity index is 1.33. The number of nitrogens with zero attached hydrogens (tertiary/aromatic N) is 2. The van der Waals surface area contributed by atoms with Crippen molar-refractivity contribution >= 4 is 11.8 Å². The number of methoxy groups -OCH3 is 1. The fraction of sp³-hybridized carbons (Fsp3) is 0.680. The van der Waals surface area contributed by atoms with E-state index in [2.05, 4.69) is 6.92 Å². The van der Waals surface area contributed by atoms with Crippen LogP contribution in [0.1, 0.15) is 76.7 Å². The average Bonchev–Trinajstić information content (AvgIpc) is 3.29. The van der Waals surface area contributed by atoms with Gasteiger partial charge in [0, 0.05) is 19.6 Å². The molecule has 0 N–H and O–H groups in total. The van der Waals surface area contributed by atoms with E-state index in [1.807, 2.05) is 24.3 Å². The Morgan fingerprint density at radius 2 is 1.52 bits per heavy atom. The number of hydrogen-bond acceptors (Lipinski definition) is 5. The molecule has 0 saturated carbocycles. The van der Waals surface area contributed by atoms with Gasteiger partial charge in [-0.15, -0.1) is 0 Å². The van der Waals surface area contributed by atoms with Gasteiger partial charge in [0.2, 0.25) is 5.91 Å². The minimum atomic E-state index is -0.645. The van der Waals surface area contributed by atoms with Crippen molar-refractivity contribution in [2.24, 2.45) is 5.92 Å². The van der Waals surface area contributed by atoms with Gasteiger partial charge in [-0.3, -0.25) is 19.3 Å².